The van der Waals surface area contributed by atoms with Gasteiger partial charge >= 0.3 is 5.97 Å². The fourth-order valence-corrected chi connectivity index (χ4v) is 2.87. The van der Waals surface area contributed by atoms with E-state index >= 15 is 0 Å². The lowest BCUT2D eigenvalue weighted by molar-refractivity contribution is -0.151. The Bertz CT molecular complexity index is 396. The molecule has 0 aromatic heterocycles. The van der Waals surface area contributed by atoms with Gasteiger partial charge in [-0.2, -0.15) is 0 Å². The molecule has 0 bridgehead atoms. The Hall–Kier alpha value is -1.10. The molecule has 1 aliphatic carbocycles. The van der Waals surface area contributed by atoms with Crippen LogP contribution in [0.25, 0.3) is 0 Å². The molecular formula is C16H30N2O3. The van der Waals surface area contributed by atoms with Gasteiger partial charge in [0.05, 0.1) is 5.41 Å². The van der Waals surface area contributed by atoms with Gasteiger partial charge in [-0.05, 0) is 47.6 Å². The third-order valence-electron chi connectivity index (χ3n) is 5.39. The van der Waals surface area contributed by atoms with Crippen molar-refractivity contribution in [3.05, 3.63) is 0 Å². The highest BCUT2D eigenvalue weighted by molar-refractivity contribution is 5.81. The summed E-state index contributed by atoms with van der Waals surface area (Å²) in [5, 5.41) is 15.6. The first-order valence-corrected chi connectivity index (χ1v) is 7.80. The van der Waals surface area contributed by atoms with Crippen molar-refractivity contribution in [2.75, 3.05) is 7.05 Å². The van der Waals surface area contributed by atoms with Gasteiger partial charge in [-0.25, -0.2) is 0 Å². The zero-order valence-electron chi connectivity index (χ0n) is 14.0. The van der Waals surface area contributed by atoms with Crippen LogP contribution in [0.1, 0.15) is 66.2 Å². The maximum absolute atomic E-state index is 12.4. The van der Waals surface area contributed by atoms with Gasteiger partial charge in [0, 0.05) is 17.5 Å². The predicted octanol–water partition coefficient (Wildman–Crippen LogP) is 2.30. The number of carbonyl (C=O) groups is 2. The lowest BCUT2D eigenvalue weighted by Gasteiger charge is -2.41. The summed E-state index contributed by atoms with van der Waals surface area (Å²) in [5.74, 6) is -0.987. The summed E-state index contributed by atoms with van der Waals surface area (Å²) in [6.07, 6.45) is 5.90. The second-order valence-corrected chi connectivity index (χ2v) is 7.37. The second-order valence-electron chi connectivity index (χ2n) is 7.37. The maximum Gasteiger partial charge on any atom is 0.311 e. The average Bonchev–Trinajstić information content (AvgIpc) is 2.38. The number of carbonyl (C=O) groups excluding carboxylic acids is 1. The highest BCUT2D eigenvalue weighted by atomic mass is 16.4. The van der Waals surface area contributed by atoms with Gasteiger partial charge in [0.25, 0.3) is 0 Å². The Morgan fingerprint density at radius 1 is 1.10 bits per heavy atom. The standard InChI is InChI=1S/C16H30N2O3/c1-14(2,13(20)21)15(3,4)18-12(19)11-16(17-5)9-7-6-8-10-16/h17H,6-11H2,1-5H3,(H,18,19)(H,20,21). The first-order chi connectivity index (χ1) is 9.56. The summed E-state index contributed by atoms with van der Waals surface area (Å²) in [4.78, 5) is 23.8. The molecule has 0 spiro atoms. The van der Waals surface area contributed by atoms with Gasteiger partial charge in [0.15, 0.2) is 0 Å². The van der Waals surface area contributed by atoms with Crippen LogP contribution in [0.3, 0.4) is 0 Å². The van der Waals surface area contributed by atoms with Crippen molar-refractivity contribution in [1.82, 2.24) is 10.6 Å². The van der Waals surface area contributed by atoms with E-state index in [0.29, 0.717) is 6.42 Å². The van der Waals surface area contributed by atoms with E-state index in [0.717, 1.165) is 25.7 Å². The van der Waals surface area contributed by atoms with Crippen molar-refractivity contribution in [2.45, 2.75) is 77.3 Å². The highest BCUT2D eigenvalue weighted by Crippen LogP contribution is 2.33. The number of carboxylic acid groups (broad SMARTS) is 1. The van der Waals surface area contributed by atoms with Crippen molar-refractivity contribution in [3.63, 3.8) is 0 Å². The molecule has 0 radical (unpaired) electrons. The van der Waals surface area contributed by atoms with E-state index in [1.54, 1.807) is 27.7 Å². The van der Waals surface area contributed by atoms with Crippen LogP contribution >= 0.6 is 0 Å². The maximum atomic E-state index is 12.4. The quantitative estimate of drug-likeness (QED) is 0.703. The van der Waals surface area contributed by atoms with Crippen molar-refractivity contribution in [1.29, 1.82) is 0 Å². The van der Waals surface area contributed by atoms with Crippen molar-refractivity contribution in [2.24, 2.45) is 5.41 Å². The first kappa shape index (κ1) is 18.0. The lowest BCUT2D eigenvalue weighted by atomic mass is 9.74. The molecule has 1 fully saturated rings. The number of amides is 1. The first-order valence-electron chi connectivity index (χ1n) is 7.80. The molecule has 0 unspecified atom stereocenters. The number of carboxylic acids is 1. The molecule has 0 saturated heterocycles. The van der Waals surface area contributed by atoms with Crippen LogP contribution in [0.5, 0.6) is 0 Å². The van der Waals surface area contributed by atoms with E-state index in [4.69, 9.17) is 0 Å². The summed E-state index contributed by atoms with van der Waals surface area (Å²) < 4.78 is 0. The largest absolute Gasteiger partial charge is 0.481 e. The average molecular weight is 298 g/mol. The van der Waals surface area contributed by atoms with Crippen LogP contribution in [0.2, 0.25) is 0 Å². The molecule has 1 aliphatic rings. The number of rotatable bonds is 6. The molecule has 21 heavy (non-hydrogen) atoms. The van der Waals surface area contributed by atoms with Gasteiger partial charge in [-0.15, -0.1) is 0 Å². The smallest absolute Gasteiger partial charge is 0.311 e. The SMILES string of the molecule is CNC1(CC(=O)NC(C)(C)C(C)(C)C(=O)O)CCCCC1. The zero-order chi connectivity index (χ0) is 16.3. The molecule has 1 amide bonds. The molecule has 0 heterocycles. The Morgan fingerprint density at radius 2 is 1.62 bits per heavy atom. The molecule has 5 nitrogen and oxygen atoms in total. The number of hydrogen-bond acceptors (Lipinski definition) is 3. The topological polar surface area (TPSA) is 78.4 Å². The van der Waals surface area contributed by atoms with E-state index in [9.17, 15) is 14.7 Å². The predicted molar refractivity (Wildman–Crippen MR) is 83.1 cm³/mol. The Labute approximate surface area is 127 Å². The van der Waals surface area contributed by atoms with Crippen LogP contribution in [0, 0.1) is 5.41 Å². The lowest BCUT2D eigenvalue weighted by Crippen LogP contribution is -2.58. The van der Waals surface area contributed by atoms with Gasteiger partial charge in [0.2, 0.25) is 5.91 Å². The third-order valence-corrected chi connectivity index (χ3v) is 5.39. The summed E-state index contributed by atoms with van der Waals surface area (Å²) in [5.41, 5.74) is -1.96. The third kappa shape index (κ3) is 3.96. The van der Waals surface area contributed by atoms with Gasteiger partial charge in [0.1, 0.15) is 0 Å². The molecule has 1 saturated carbocycles. The van der Waals surface area contributed by atoms with Crippen LogP contribution in [0.15, 0.2) is 0 Å². The molecule has 0 aromatic rings. The van der Waals surface area contributed by atoms with E-state index < -0.39 is 16.9 Å². The molecule has 3 N–H and O–H groups in total. The normalized spacial score (nSPS) is 19.1. The van der Waals surface area contributed by atoms with Crippen LogP contribution < -0.4 is 10.6 Å². The van der Waals surface area contributed by atoms with E-state index in [1.165, 1.54) is 6.42 Å². The number of aliphatic carboxylic acids is 1. The molecule has 0 atom stereocenters. The Kier molecular flexibility index (Phi) is 5.42. The summed E-state index contributed by atoms with van der Waals surface area (Å²) in [7, 11) is 1.91. The molecule has 1 rings (SSSR count). The minimum Gasteiger partial charge on any atom is -0.481 e. The van der Waals surface area contributed by atoms with Crippen LogP contribution in [0.4, 0.5) is 0 Å². The van der Waals surface area contributed by atoms with Gasteiger partial charge in [-0.3, -0.25) is 9.59 Å². The van der Waals surface area contributed by atoms with Crippen LogP contribution in [-0.4, -0.2) is 35.1 Å². The Balaban J connectivity index is 2.74. The minimum atomic E-state index is -1.03. The zero-order valence-corrected chi connectivity index (χ0v) is 14.0. The summed E-state index contributed by atoms with van der Waals surface area (Å²) in [6, 6.07) is 0. The molecule has 0 aromatic carbocycles. The summed E-state index contributed by atoms with van der Waals surface area (Å²) >= 11 is 0. The molecule has 5 heteroatoms. The number of nitrogens with one attached hydrogen (secondary N) is 2. The Morgan fingerprint density at radius 3 is 2.05 bits per heavy atom. The highest BCUT2D eigenvalue weighted by Gasteiger charge is 2.45. The fourth-order valence-electron chi connectivity index (χ4n) is 2.87. The van der Waals surface area contributed by atoms with E-state index in [2.05, 4.69) is 10.6 Å². The van der Waals surface area contributed by atoms with Gasteiger partial charge in [-0.1, -0.05) is 19.3 Å². The monoisotopic (exact) mass is 298 g/mol. The molecule has 122 valence electrons. The van der Waals surface area contributed by atoms with Crippen molar-refractivity contribution in [3.8, 4) is 0 Å². The van der Waals surface area contributed by atoms with Crippen molar-refractivity contribution < 1.29 is 14.7 Å². The minimum absolute atomic E-state index is 0.0782. The second kappa shape index (κ2) is 6.34. The van der Waals surface area contributed by atoms with Gasteiger partial charge < -0.3 is 15.7 Å². The summed E-state index contributed by atoms with van der Waals surface area (Å²) in [6.45, 7) is 6.83. The fraction of sp³-hybridized carbons (Fsp3) is 0.875. The van der Waals surface area contributed by atoms with E-state index in [-0.39, 0.29) is 11.4 Å². The molecule has 0 aliphatic heterocycles. The van der Waals surface area contributed by atoms with E-state index in [1.807, 2.05) is 7.05 Å². The number of hydrogen-bond donors (Lipinski definition) is 3. The molecular weight excluding hydrogens is 268 g/mol. The van der Waals surface area contributed by atoms with Crippen LogP contribution in [-0.2, 0) is 9.59 Å². The van der Waals surface area contributed by atoms with Crippen molar-refractivity contribution >= 4 is 11.9 Å².